The van der Waals surface area contributed by atoms with Gasteiger partial charge in [0.05, 0.1) is 5.92 Å². The van der Waals surface area contributed by atoms with Gasteiger partial charge in [-0.2, -0.15) is 0 Å². The molecule has 0 aliphatic rings. The number of rotatable bonds is 7. The second-order valence-corrected chi connectivity index (χ2v) is 5.04. The van der Waals surface area contributed by atoms with E-state index < -0.39 is 5.97 Å². The highest BCUT2D eigenvalue weighted by molar-refractivity contribution is 5.69. The van der Waals surface area contributed by atoms with Crippen LogP contribution in [0.2, 0.25) is 0 Å². The first kappa shape index (κ1) is 13.8. The van der Waals surface area contributed by atoms with Gasteiger partial charge in [-0.15, -0.1) is 0 Å². The molecule has 0 spiro atoms. The van der Waals surface area contributed by atoms with Crippen LogP contribution in [0.4, 0.5) is 0 Å². The number of carboxylic acid groups (broad SMARTS) is 1. The smallest absolute Gasteiger partial charge is 0.306 e. The van der Waals surface area contributed by atoms with Crippen LogP contribution >= 0.6 is 0 Å². The van der Waals surface area contributed by atoms with Gasteiger partial charge in [-0.25, -0.2) is 0 Å². The lowest BCUT2D eigenvalue weighted by Gasteiger charge is -2.14. The molecule has 2 nitrogen and oxygen atoms in total. The van der Waals surface area contributed by atoms with Gasteiger partial charge in [0, 0.05) is 0 Å². The summed E-state index contributed by atoms with van der Waals surface area (Å²) in [4.78, 5) is 11.1. The van der Waals surface area contributed by atoms with Crippen LogP contribution in [-0.4, -0.2) is 11.1 Å². The van der Waals surface area contributed by atoms with E-state index in [-0.39, 0.29) is 5.92 Å². The van der Waals surface area contributed by atoms with E-state index in [1.54, 1.807) is 0 Å². The fourth-order valence-corrected chi connectivity index (χ4v) is 2.11. The number of hydrogen-bond donors (Lipinski definition) is 1. The van der Waals surface area contributed by atoms with Crippen molar-refractivity contribution in [2.45, 2.75) is 39.5 Å². The predicted molar refractivity (Wildman–Crippen MR) is 70.0 cm³/mol. The van der Waals surface area contributed by atoms with Crippen LogP contribution in [0.1, 0.15) is 38.7 Å². The maximum atomic E-state index is 11.1. The van der Waals surface area contributed by atoms with Gasteiger partial charge in [-0.3, -0.25) is 4.79 Å². The van der Waals surface area contributed by atoms with Crippen LogP contribution in [-0.2, 0) is 11.2 Å². The molecular formula is C15H22O2. The summed E-state index contributed by atoms with van der Waals surface area (Å²) in [6.07, 6.45) is 3.49. The van der Waals surface area contributed by atoms with Crippen LogP contribution < -0.4 is 0 Å². The zero-order valence-corrected chi connectivity index (χ0v) is 10.7. The molecule has 0 heterocycles. The number of aliphatic carboxylic acids is 1. The maximum Gasteiger partial charge on any atom is 0.306 e. The van der Waals surface area contributed by atoms with Crippen molar-refractivity contribution in [3.8, 4) is 0 Å². The van der Waals surface area contributed by atoms with Crippen molar-refractivity contribution < 1.29 is 9.90 Å². The quantitative estimate of drug-likeness (QED) is 0.780. The highest BCUT2D eigenvalue weighted by Gasteiger charge is 2.18. The normalized spacial score (nSPS) is 12.6. The summed E-state index contributed by atoms with van der Waals surface area (Å²) in [5, 5.41) is 9.12. The van der Waals surface area contributed by atoms with Crippen LogP contribution in [0.15, 0.2) is 30.3 Å². The summed E-state index contributed by atoms with van der Waals surface area (Å²) < 4.78 is 0. The number of benzene rings is 1. The van der Waals surface area contributed by atoms with Crippen LogP contribution in [0.5, 0.6) is 0 Å². The Morgan fingerprint density at radius 2 is 1.88 bits per heavy atom. The second-order valence-electron chi connectivity index (χ2n) is 5.04. The molecule has 1 rings (SSSR count). The molecule has 1 aromatic rings. The second kappa shape index (κ2) is 7.10. The minimum absolute atomic E-state index is 0.182. The molecule has 2 heteroatoms. The summed E-state index contributed by atoms with van der Waals surface area (Å²) in [5.74, 6) is -0.377. The van der Waals surface area contributed by atoms with E-state index in [0.29, 0.717) is 5.92 Å². The van der Waals surface area contributed by atoms with Crippen LogP contribution in [0, 0.1) is 11.8 Å². The first-order valence-corrected chi connectivity index (χ1v) is 6.36. The van der Waals surface area contributed by atoms with Crippen molar-refractivity contribution in [2.24, 2.45) is 11.8 Å². The summed E-state index contributed by atoms with van der Waals surface area (Å²) >= 11 is 0. The van der Waals surface area contributed by atoms with E-state index >= 15 is 0 Å². The summed E-state index contributed by atoms with van der Waals surface area (Å²) in [5.41, 5.74) is 1.29. The van der Waals surface area contributed by atoms with Gasteiger partial charge in [0.15, 0.2) is 0 Å². The molecule has 0 amide bonds. The van der Waals surface area contributed by atoms with E-state index in [1.807, 2.05) is 18.2 Å². The number of aryl methyl sites for hydroxylation is 1. The first-order valence-electron chi connectivity index (χ1n) is 6.36. The van der Waals surface area contributed by atoms with E-state index in [0.717, 1.165) is 25.7 Å². The number of carbonyl (C=O) groups is 1. The largest absolute Gasteiger partial charge is 0.481 e. The molecule has 0 fully saturated rings. The molecule has 0 aliphatic carbocycles. The molecule has 0 saturated carbocycles. The third-order valence-electron chi connectivity index (χ3n) is 2.97. The third-order valence-corrected chi connectivity index (χ3v) is 2.97. The fourth-order valence-electron chi connectivity index (χ4n) is 2.11. The Kier molecular flexibility index (Phi) is 5.75. The van der Waals surface area contributed by atoms with E-state index in [4.69, 9.17) is 5.11 Å². The standard InChI is InChI=1S/C15H22O2/c1-12(2)11-14(15(16)17)10-6-9-13-7-4-3-5-8-13/h3-5,7-8,12,14H,6,9-11H2,1-2H3,(H,16,17). The predicted octanol–water partition coefficient (Wildman–Crippen LogP) is 3.76. The van der Waals surface area contributed by atoms with Gasteiger partial charge in [0.2, 0.25) is 0 Å². The number of carboxylic acids is 1. The molecule has 94 valence electrons. The van der Waals surface area contributed by atoms with Crippen LogP contribution in [0.25, 0.3) is 0 Å². The highest BCUT2D eigenvalue weighted by Crippen LogP contribution is 2.18. The Balaban J connectivity index is 2.35. The zero-order chi connectivity index (χ0) is 12.7. The number of hydrogen-bond acceptors (Lipinski definition) is 1. The van der Waals surface area contributed by atoms with E-state index in [2.05, 4.69) is 26.0 Å². The molecule has 0 aromatic heterocycles. The lowest BCUT2D eigenvalue weighted by atomic mass is 9.91. The maximum absolute atomic E-state index is 11.1. The average Bonchev–Trinajstić information content (AvgIpc) is 2.28. The van der Waals surface area contributed by atoms with Gasteiger partial charge in [-0.1, -0.05) is 44.2 Å². The first-order chi connectivity index (χ1) is 8.09. The van der Waals surface area contributed by atoms with Crippen molar-refractivity contribution >= 4 is 5.97 Å². The molecule has 0 bridgehead atoms. The lowest BCUT2D eigenvalue weighted by molar-refractivity contribution is -0.142. The summed E-state index contributed by atoms with van der Waals surface area (Å²) in [6.45, 7) is 4.15. The average molecular weight is 234 g/mol. The van der Waals surface area contributed by atoms with E-state index in [9.17, 15) is 4.79 Å². The van der Waals surface area contributed by atoms with Gasteiger partial charge in [-0.05, 0) is 37.2 Å². The van der Waals surface area contributed by atoms with Crippen LogP contribution in [0.3, 0.4) is 0 Å². The molecule has 1 atom stereocenters. The minimum atomic E-state index is -0.647. The Labute approximate surface area is 104 Å². The Morgan fingerprint density at radius 1 is 1.24 bits per heavy atom. The summed E-state index contributed by atoms with van der Waals surface area (Å²) in [7, 11) is 0. The Hall–Kier alpha value is -1.31. The van der Waals surface area contributed by atoms with Gasteiger partial charge < -0.3 is 5.11 Å². The molecular weight excluding hydrogens is 212 g/mol. The monoisotopic (exact) mass is 234 g/mol. The highest BCUT2D eigenvalue weighted by atomic mass is 16.4. The molecule has 0 aliphatic heterocycles. The lowest BCUT2D eigenvalue weighted by Crippen LogP contribution is -2.16. The fraction of sp³-hybridized carbons (Fsp3) is 0.533. The Bertz CT molecular complexity index is 330. The van der Waals surface area contributed by atoms with Gasteiger partial charge in [0.25, 0.3) is 0 Å². The molecule has 17 heavy (non-hydrogen) atoms. The SMILES string of the molecule is CC(C)CC(CCCc1ccccc1)C(=O)O. The van der Waals surface area contributed by atoms with Crippen molar-refractivity contribution in [1.82, 2.24) is 0 Å². The third kappa shape index (κ3) is 5.53. The van der Waals surface area contributed by atoms with Gasteiger partial charge >= 0.3 is 5.97 Å². The molecule has 0 radical (unpaired) electrons. The molecule has 1 aromatic carbocycles. The molecule has 0 saturated heterocycles. The van der Waals surface area contributed by atoms with Crippen molar-refractivity contribution in [2.75, 3.05) is 0 Å². The van der Waals surface area contributed by atoms with E-state index in [1.165, 1.54) is 5.56 Å². The molecule has 1 unspecified atom stereocenters. The van der Waals surface area contributed by atoms with Crippen molar-refractivity contribution in [3.63, 3.8) is 0 Å². The zero-order valence-electron chi connectivity index (χ0n) is 10.7. The van der Waals surface area contributed by atoms with Crippen molar-refractivity contribution in [3.05, 3.63) is 35.9 Å². The summed E-state index contributed by atoms with van der Waals surface area (Å²) in [6, 6.07) is 10.2. The van der Waals surface area contributed by atoms with Gasteiger partial charge in [0.1, 0.15) is 0 Å². The van der Waals surface area contributed by atoms with Crippen molar-refractivity contribution in [1.29, 1.82) is 0 Å². The Morgan fingerprint density at radius 3 is 2.41 bits per heavy atom. The topological polar surface area (TPSA) is 37.3 Å². The molecule has 1 N–H and O–H groups in total. The minimum Gasteiger partial charge on any atom is -0.481 e.